The molecule has 0 amide bonds. The summed E-state index contributed by atoms with van der Waals surface area (Å²) in [6, 6.07) is 4.59. The van der Waals surface area contributed by atoms with E-state index in [0.29, 0.717) is 5.92 Å². The van der Waals surface area contributed by atoms with E-state index in [1.165, 1.54) is 25.0 Å². The van der Waals surface area contributed by atoms with Gasteiger partial charge >= 0.3 is 5.69 Å². The summed E-state index contributed by atoms with van der Waals surface area (Å²) in [6.45, 7) is 3.75. The fourth-order valence-corrected chi connectivity index (χ4v) is 3.87. The molecular weight excluding hydrogens is 356 g/mol. The summed E-state index contributed by atoms with van der Waals surface area (Å²) in [5, 5.41) is 14.4. The molecule has 136 valence electrons. The Bertz CT molecular complexity index is 550. The maximum absolute atomic E-state index is 13.6. The van der Waals surface area contributed by atoms with Crippen molar-refractivity contribution in [2.75, 3.05) is 26.2 Å². The van der Waals surface area contributed by atoms with Crippen LogP contribution in [0.4, 0.5) is 10.1 Å². The van der Waals surface area contributed by atoms with Crippen molar-refractivity contribution in [1.29, 1.82) is 0 Å². The highest BCUT2D eigenvalue weighted by Crippen LogP contribution is 2.40. The molecule has 1 aromatic carbocycles. The predicted molar refractivity (Wildman–Crippen MR) is 96.7 cm³/mol. The molecule has 1 heterocycles. The van der Waals surface area contributed by atoms with Crippen molar-refractivity contribution in [3.8, 4) is 0 Å². The molecule has 2 fully saturated rings. The number of nitrogens with zero attached hydrogens (tertiary/aromatic N) is 2. The molecule has 3 rings (SSSR count). The predicted octanol–water partition coefficient (Wildman–Crippen LogP) is 3.71. The lowest BCUT2D eigenvalue weighted by Gasteiger charge is -2.38. The molecule has 1 atom stereocenters. The van der Waals surface area contributed by atoms with Gasteiger partial charge in [0.05, 0.1) is 4.92 Å². The Labute approximate surface area is 154 Å². The van der Waals surface area contributed by atoms with Crippen LogP contribution in [0.2, 0.25) is 0 Å². The number of benzene rings is 1. The molecule has 1 aliphatic carbocycles. The summed E-state index contributed by atoms with van der Waals surface area (Å²) >= 11 is 0. The third-order valence-corrected chi connectivity index (χ3v) is 4.90. The van der Waals surface area contributed by atoms with Gasteiger partial charge in [0, 0.05) is 38.3 Å². The average molecular weight is 380 g/mol. The van der Waals surface area contributed by atoms with E-state index in [1.807, 2.05) is 0 Å². The molecule has 1 saturated heterocycles. The second kappa shape index (κ2) is 9.51. The molecule has 2 aliphatic rings. The first kappa shape index (κ1) is 21.1. The molecule has 0 unspecified atom stereocenters. The van der Waals surface area contributed by atoms with E-state index in [0.717, 1.165) is 44.6 Å². The van der Waals surface area contributed by atoms with E-state index in [1.54, 1.807) is 6.07 Å². The largest absolute Gasteiger partial charge is 0.314 e. The Balaban J connectivity index is 0.00000144. The van der Waals surface area contributed by atoms with Gasteiger partial charge in [-0.15, -0.1) is 24.8 Å². The standard InChI is InChI=1S/C16H22FN3O2.2ClH/c17-14-6-5-13(11-15(14)20(21)22)16(12-3-1-2-4-12)19-9-7-18-8-10-19;;/h5-6,11-12,16,18H,1-4,7-10H2;2*1H/t16-;;/m0../s1. The number of halogens is 3. The zero-order valence-electron chi connectivity index (χ0n) is 13.4. The molecule has 0 spiro atoms. The Morgan fingerprint density at radius 3 is 2.42 bits per heavy atom. The summed E-state index contributed by atoms with van der Waals surface area (Å²) in [5.74, 6) is -0.234. The molecule has 24 heavy (non-hydrogen) atoms. The lowest BCUT2D eigenvalue weighted by Crippen LogP contribution is -2.46. The highest BCUT2D eigenvalue weighted by Gasteiger charge is 2.33. The first-order valence-electron chi connectivity index (χ1n) is 8.05. The third-order valence-electron chi connectivity index (χ3n) is 4.90. The molecule has 8 heteroatoms. The van der Waals surface area contributed by atoms with Crippen LogP contribution in [0.15, 0.2) is 18.2 Å². The molecular formula is C16H24Cl2FN3O2. The number of rotatable bonds is 4. The zero-order chi connectivity index (χ0) is 15.5. The van der Waals surface area contributed by atoms with Gasteiger partial charge < -0.3 is 5.32 Å². The normalized spacial score (nSPS) is 20.0. The second-order valence-corrected chi connectivity index (χ2v) is 6.24. The fourth-order valence-electron chi connectivity index (χ4n) is 3.87. The number of nitro groups is 1. The quantitative estimate of drug-likeness (QED) is 0.639. The van der Waals surface area contributed by atoms with Crippen LogP contribution in [0.1, 0.15) is 37.3 Å². The number of hydrogen-bond acceptors (Lipinski definition) is 4. The maximum Gasteiger partial charge on any atom is 0.305 e. The molecule has 0 bridgehead atoms. The zero-order valence-corrected chi connectivity index (χ0v) is 15.1. The molecule has 1 saturated carbocycles. The van der Waals surface area contributed by atoms with Crippen molar-refractivity contribution in [1.82, 2.24) is 10.2 Å². The minimum atomic E-state index is -0.751. The van der Waals surface area contributed by atoms with Gasteiger partial charge in [-0.05, 0) is 30.4 Å². The van der Waals surface area contributed by atoms with Gasteiger partial charge in [-0.3, -0.25) is 15.0 Å². The van der Waals surface area contributed by atoms with E-state index < -0.39 is 16.4 Å². The second-order valence-electron chi connectivity index (χ2n) is 6.24. The van der Waals surface area contributed by atoms with Gasteiger partial charge in [-0.1, -0.05) is 18.9 Å². The Morgan fingerprint density at radius 1 is 1.21 bits per heavy atom. The minimum Gasteiger partial charge on any atom is -0.314 e. The van der Waals surface area contributed by atoms with Crippen molar-refractivity contribution in [2.24, 2.45) is 5.92 Å². The van der Waals surface area contributed by atoms with Crippen LogP contribution >= 0.6 is 24.8 Å². The van der Waals surface area contributed by atoms with Gasteiger partial charge in [0.1, 0.15) is 0 Å². The van der Waals surface area contributed by atoms with Gasteiger partial charge in [-0.25, -0.2) is 0 Å². The van der Waals surface area contributed by atoms with E-state index in [2.05, 4.69) is 10.2 Å². The molecule has 0 radical (unpaired) electrons. The first-order valence-corrected chi connectivity index (χ1v) is 8.05. The molecule has 1 aliphatic heterocycles. The highest BCUT2D eigenvalue weighted by molar-refractivity contribution is 5.85. The number of piperazine rings is 1. The average Bonchev–Trinajstić information content (AvgIpc) is 3.04. The van der Waals surface area contributed by atoms with Crippen LogP contribution in [-0.2, 0) is 0 Å². The molecule has 1 N–H and O–H groups in total. The fraction of sp³-hybridized carbons (Fsp3) is 0.625. The van der Waals surface area contributed by atoms with E-state index in [4.69, 9.17) is 0 Å². The van der Waals surface area contributed by atoms with Crippen molar-refractivity contribution in [3.63, 3.8) is 0 Å². The molecule has 1 aromatic rings. The van der Waals surface area contributed by atoms with Crippen LogP contribution in [0.5, 0.6) is 0 Å². The highest BCUT2D eigenvalue weighted by atomic mass is 35.5. The molecule has 0 aromatic heterocycles. The molecule has 5 nitrogen and oxygen atoms in total. The minimum absolute atomic E-state index is 0. The van der Waals surface area contributed by atoms with Crippen LogP contribution in [0, 0.1) is 21.8 Å². The van der Waals surface area contributed by atoms with Gasteiger partial charge in [0.15, 0.2) is 0 Å². The van der Waals surface area contributed by atoms with Crippen LogP contribution < -0.4 is 5.32 Å². The Morgan fingerprint density at radius 2 is 1.83 bits per heavy atom. The topological polar surface area (TPSA) is 58.4 Å². The van der Waals surface area contributed by atoms with Crippen molar-refractivity contribution in [2.45, 2.75) is 31.7 Å². The van der Waals surface area contributed by atoms with Crippen LogP contribution in [0.25, 0.3) is 0 Å². The number of nitrogens with one attached hydrogen (secondary N) is 1. The van der Waals surface area contributed by atoms with E-state index in [9.17, 15) is 14.5 Å². The summed E-state index contributed by atoms with van der Waals surface area (Å²) < 4.78 is 13.6. The van der Waals surface area contributed by atoms with Crippen molar-refractivity contribution < 1.29 is 9.31 Å². The SMILES string of the molecule is Cl.Cl.O=[N+]([O-])c1cc([C@H](C2CCCC2)N2CCNCC2)ccc1F. The first-order chi connectivity index (χ1) is 10.7. The van der Waals surface area contributed by atoms with E-state index in [-0.39, 0.29) is 30.9 Å². The lowest BCUT2D eigenvalue weighted by molar-refractivity contribution is -0.387. The maximum atomic E-state index is 13.6. The third kappa shape index (κ3) is 4.57. The van der Waals surface area contributed by atoms with E-state index >= 15 is 0 Å². The van der Waals surface area contributed by atoms with Gasteiger partial charge in [0.25, 0.3) is 0 Å². The van der Waals surface area contributed by atoms with Gasteiger partial charge in [0.2, 0.25) is 5.82 Å². The Kier molecular flexibility index (Phi) is 8.36. The van der Waals surface area contributed by atoms with Crippen molar-refractivity contribution >= 4 is 30.5 Å². The number of nitro benzene ring substituents is 1. The monoisotopic (exact) mass is 379 g/mol. The summed E-state index contributed by atoms with van der Waals surface area (Å²) in [4.78, 5) is 12.8. The summed E-state index contributed by atoms with van der Waals surface area (Å²) in [7, 11) is 0. The smallest absolute Gasteiger partial charge is 0.305 e. The Hall–Kier alpha value is -0.950. The lowest BCUT2D eigenvalue weighted by atomic mass is 9.89. The van der Waals surface area contributed by atoms with Gasteiger partial charge in [-0.2, -0.15) is 4.39 Å². The summed E-state index contributed by atoms with van der Waals surface area (Å²) in [6.07, 6.45) is 4.74. The summed E-state index contributed by atoms with van der Waals surface area (Å²) in [5.41, 5.74) is 0.484. The van der Waals surface area contributed by atoms with Crippen LogP contribution in [-0.4, -0.2) is 36.0 Å². The number of hydrogen-bond donors (Lipinski definition) is 1. The van der Waals surface area contributed by atoms with Crippen molar-refractivity contribution in [3.05, 3.63) is 39.7 Å². The van der Waals surface area contributed by atoms with Crippen LogP contribution in [0.3, 0.4) is 0 Å².